The van der Waals surface area contributed by atoms with Gasteiger partial charge in [-0.3, -0.25) is 0 Å². The Labute approximate surface area is 192 Å². The smallest absolute Gasteiger partial charge is 0.169 e. The lowest BCUT2D eigenvalue weighted by atomic mass is 9.98. The van der Waals surface area contributed by atoms with Gasteiger partial charge in [0.05, 0.1) is 5.39 Å². The molecular formula is C28H29F5. The van der Waals surface area contributed by atoms with E-state index in [1.54, 1.807) is 12.1 Å². The van der Waals surface area contributed by atoms with Crippen LogP contribution < -0.4 is 0 Å². The van der Waals surface area contributed by atoms with E-state index >= 15 is 4.39 Å². The average molecular weight is 461 g/mol. The number of benzene rings is 3. The Hall–Kier alpha value is -2.69. The highest BCUT2D eigenvalue weighted by molar-refractivity contribution is 5.91. The minimum absolute atomic E-state index is 0.0378. The summed E-state index contributed by atoms with van der Waals surface area (Å²) in [5.74, 6) is -6.51. The second kappa shape index (κ2) is 11.4. The van der Waals surface area contributed by atoms with Gasteiger partial charge in [-0.25, -0.2) is 22.0 Å². The fourth-order valence-corrected chi connectivity index (χ4v) is 3.99. The van der Waals surface area contributed by atoms with Crippen molar-refractivity contribution in [2.45, 2.75) is 65.2 Å². The summed E-state index contributed by atoms with van der Waals surface area (Å²) in [6.07, 6.45) is 6.81. The number of rotatable bonds is 10. The van der Waals surface area contributed by atoms with E-state index < -0.39 is 40.1 Å². The highest BCUT2D eigenvalue weighted by Crippen LogP contribution is 2.35. The summed E-state index contributed by atoms with van der Waals surface area (Å²) in [5.41, 5.74) is 0.389. The predicted octanol–water partition coefficient (Wildman–Crippen LogP) is 9.49. The van der Waals surface area contributed by atoms with Crippen LogP contribution in [-0.4, -0.2) is 0 Å². The molecule has 0 N–H and O–H groups in total. The molecule has 33 heavy (non-hydrogen) atoms. The van der Waals surface area contributed by atoms with Crippen LogP contribution in [0.2, 0.25) is 0 Å². The molecule has 0 nitrogen and oxygen atoms in total. The molecule has 0 aliphatic rings. The summed E-state index contributed by atoms with van der Waals surface area (Å²) in [5, 5.41) is -0.551. The SMILES string of the molecule is CCCCCc1ccc(C(F)=C(F)c2ccc3cc(CCCCC)c(F)c(F)c3c2F)cc1. The maximum atomic E-state index is 15.1. The van der Waals surface area contributed by atoms with Crippen LogP contribution >= 0.6 is 0 Å². The molecular weight excluding hydrogens is 431 g/mol. The molecule has 0 heterocycles. The minimum atomic E-state index is -1.44. The molecule has 0 bridgehead atoms. The Balaban J connectivity index is 1.95. The largest absolute Gasteiger partial charge is 0.205 e. The van der Waals surface area contributed by atoms with E-state index in [0.717, 1.165) is 50.2 Å². The average Bonchev–Trinajstić information content (AvgIpc) is 2.82. The molecule has 0 radical (unpaired) electrons. The van der Waals surface area contributed by atoms with Crippen molar-refractivity contribution >= 4 is 22.4 Å². The van der Waals surface area contributed by atoms with Gasteiger partial charge in [0.2, 0.25) is 0 Å². The summed E-state index contributed by atoms with van der Waals surface area (Å²) in [7, 11) is 0. The Kier molecular flexibility index (Phi) is 8.65. The van der Waals surface area contributed by atoms with Gasteiger partial charge in [0, 0.05) is 11.1 Å². The van der Waals surface area contributed by atoms with E-state index in [2.05, 4.69) is 6.92 Å². The lowest BCUT2D eigenvalue weighted by molar-refractivity contribution is 0.499. The van der Waals surface area contributed by atoms with E-state index in [-0.39, 0.29) is 16.5 Å². The lowest BCUT2D eigenvalue weighted by Gasteiger charge is -2.11. The molecule has 3 aromatic rings. The summed E-state index contributed by atoms with van der Waals surface area (Å²) < 4.78 is 74.0. The zero-order valence-corrected chi connectivity index (χ0v) is 19.1. The first kappa shape index (κ1) is 24.9. The zero-order chi connectivity index (χ0) is 24.0. The first-order valence-corrected chi connectivity index (χ1v) is 11.6. The van der Waals surface area contributed by atoms with Crippen LogP contribution in [0.15, 0.2) is 42.5 Å². The van der Waals surface area contributed by atoms with Crippen LogP contribution in [0.1, 0.15) is 74.6 Å². The van der Waals surface area contributed by atoms with Crippen LogP contribution in [0.25, 0.3) is 22.4 Å². The Morgan fingerprint density at radius 1 is 0.667 bits per heavy atom. The quantitative estimate of drug-likeness (QED) is 0.161. The van der Waals surface area contributed by atoms with Crippen molar-refractivity contribution in [2.75, 3.05) is 0 Å². The maximum absolute atomic E-state index is 15.1. The third-order valence-corrected chi connectivity index (χ3v) is 5.95. The van der Waals surface area contributed by atoms with Crippen LogP contribution in [0.4, 0.5) is 22.0 Å². The lowest BCUT2D eigenvalue weighted by Crippen LogP contribution is -2.00. The van der Waals surface area contributed by atoms with Gasteiger partial charge in [-0.1, -0.05) is 69.9 Å². The van der Waals surface area contributed by atoms with Gasteiger partial charge in [0.1, 0.15) is 5.82 Å². The molecule has 0 atom stereocenters. The highest BCUT2D eigenvalue weighted by atomic mass is 19.2. The van der Waals surface area contributed by atoms with Gasteiger partial charge in [-0.15, -0.1) is 0 Å². The molecule has 0 saturated carbocycles. The third kappa shape index (κ3) is 5.63. The number of hydrogen-bond acceptors (Lipinski definition) is 0. The van der Waals surface area contributed by atoms with Crippen molar-refractivity contribution in [1.29, 1.82) is 0 Å². The van der Waals surface area contributed by atoms with E-state index in [1.807, 2.05) is 6.92 Å². The monoisotopic (exact) mass is 460 g/mol. The number of halogens is 5. The summed E-state index contributed by atoms with van der Waals surface area (Å²) >= 11 is 0. The second-order valence-corrected chi connectivity index (χ2v) is 8.43. The van der Waals surface area contributed by atoms with Crippen molar-refractivity contribution in [3.8, 4) is 0 Å². The number of aryl methyl sites for hydroxylation is 2. The first-order valence-electron chi connectivity index (χ1n) is 11.6. The highest BCUT2D eigenvalue weighted by Gasteiger charge is 2.22. The molecule has 0 amide bonds. The number of unbranched alkanes of at least 4 members (excludes halogenated alkanes) is 4. The van der Waals surface area contributed by atoms with Gasteiger partial charge in [0.15, 0.2) is 23.3 Å². The molecule has 0 aromatic heterocycles. The van der Waals surface area contributed by atoms with Crippen LogP contribution in [0.3, 0.4) is 0 Å². The maximum Gasteiger partial charge on any atom is 0.169 e. The van der Waals surface area contributed by atoms with Crippen molar-refractivity contribution < 1.29 is 22.0 Å². The summed E-state index contributed by atoms with van der Waals surface area (Å²) in [6, 6.07) is 10.1. The molecule has 3 aromatic carbocycles. The molecule has 0 aliphatic heterocycles. The fourth-order valence-electron chi connectivity index (χ4n) is 3.99. The molecule has 0 unspecified atom stereocenters. The van der Waals surface area contributed by atoms with Gasteiger partial charge >= 0.3 is 0 Å². The fraction of sp³-hybridized carbons (Fsp3) is 0.357. The molecule has 3 rings (SSSR count). The molecule has 0 fully saturated rings. The van der Waals surface area contributed by atoms with Crippen LogP contribution in [-0.2, 0) is 12.8 Å². The molecule has 5 heteroatoms. The molecule has 0 saturated heterocycles. The standard InChI is InChI=1S/C28H29F5/c1-3-5-7-9-18-11-13-19(14-12-18)24(29)27(32)22-16-15-20-17-21(10-8-6-4-2)25(30)28(33)23(20)26(22)31/h11-17H,3-10H2,1-2H3. The molecule has 176 valence electrons. The molecule has 0 aliphatic carbocycles. The van der Waals surface area contributed by atoms with Crippen LogP contribution in [0, 0.1) is 17.5 Å². The van der Waals surface area contributed by atoms with Crippen molar-refractivity contribution in [1.82, 2.24) is 0 Å². The van der Waals surface area contributed by atoms with Crippen molar-refractivity contribution in [3.05, 3.63) is 82.2 Å². The summed E-state index contributed by atoms with van der Waals surface area (Å²) in [4.78, 5) is 0. The Bertz CT molecular complexity index is 1130. The van der Waals surface area contributed by atoms with E-state index in [1.165, 1.54) is 24.3 Å². The van der Waals surface area contributed by atoms with Gasteiger partial charge in [-0.2, -0.15) is 0 Å². The van der Waals surface area contributed by atoms with E-state index in [0.29, 0.717) is 12.8 Å². The Morgan fingerprint density at radius 2 is 1.30 bits per heavy atom. The van der Waals surface area contributed by atoms with E-state index in [4.69, 9.17) is 0 Å². The third-order valence-electron chi connectivity index (χ3n) is 5.95. The zero-order valence-electron chi connectivity index (χ0n) is 19.1. The van der Waals surface area contributed by atoms with Gasteiger partial charge in [0.25, 0.3) is 0 Å². The predicted molar refractivity (Wildman–Crippen MR) is 126 cm³/mol. The summed E-state index contributed by atoms with van der Waals surface area (Å²) in [6.45, 7) is 4.10. The number of fused-ring (bicyclic) bond motifs is 1. The van der Waals surface area contributed by atoms with Gasteiger partial charge < -0.3 is 0 Å². The normalized spacial score (nSPS) is 12.3. The second-order valence-electron chi connectivity index (χ2n) is 8.43. The van der Waals surface area contributed by atoms with Gasteiger partial charge in [-0.05, 0) is 54.3 Å². The van der Waals surface area contributed by atoms with Crippen LogP contribution in [0.5, 0.6) is 0 Å². The van der Waals surface area contributed by atoms with Crippen molar-refractivity contribution in [2.24, 2.45) is 0 Å². The minimum Gasteiger partial charge on any atom is -0.205 e. The first-order chi connectivity index (χ1) is 15.9. The Morgan fingerprint density at radius 3 is 1.94 bits per heavy atom. The molecule has 0 spiro atoms. The van der Waals surface area contributed by atoms with E-state index in [9.17, 15) is 17.6 Å². The topological polar surface area (TPSA) is 0 Å². The number of hydrogen-bond donors (Lipinski definition) is 0. The van der Waals surface area contributed by atoms with Crippen molar-refractivity contribution in [3.63, 3.8) is 0 Å².